The molecule has 0 spiro atoms. The summed E-state index contributed by atoms with van der Waals surface area (Å²) >= 11 is 0. The highest BCUT2D eigenvalue weighted by Gasteiger charge is 2.60. The molecular formula is C26H37N3O2. The Kier molecular flexibility index (Phi) is 5.09. The maximum absolute atomic E-state index is 13.5. The standard InChI is InChI=1S/C26H37N3O2/c1-16-10-22-21-5-4-18-11-25(2,31)8-6-19(18)20(21)7-9-26(22,3)24(16)23(30)15-29-14-17(12-27)13-28-29/h13-14,16,18-22,24,31H,4-11,15H2,1-3H3/t16-,18-,19+,20-,21-,22+,24-,25-,26+/m1/s1. The smallest absolute Gasteiger partial charge is 0.158 e. The summed E-state index contributed by atoms with van der Waals surface area (Å²) < 4.78 is 1.65. The van der Waals surface area contributed by atoms with E-state index in [1.54, 1.807) is 17.1 Å². The van der Waals surface area contributed by atoms with Gasteiger partial charge in [0, 0.05) is 12.1 Å². The number of carbonyl (C=O) groups is 1. The molecule has 4 fully saturated rings. The predicted octanol–water partition coefficient (Wildman–Crippen LogP) is 4.59. The lowest BCUT2D eigenvalue weighted by atomic mass is 9.49. The van der Waals surface area contributed by atoms with Crippen molar-refractivity contribution in [3.8, 4) is 6.07 Å². The van der Waals surface area contributed by atoms with E-state index >= 15 is 0 Å². The van der Waals surface area contributed by atoms with Crippen molar-refractivity contribution in [3.05, 3.63) is 18.0 Å². The number of Topliss-reactive ketones (excluding diaryl/α,β-unsaturated/α-hetero) is 1. The Morgan fingerprint density at radius 1 is 1.23 bits per heavy atom. The average Bonchev–Trinajstić information content (AvgIpc) is 3.27. The molecule has 5 nitrogen and oxygen atoms in total. The Labute approximate surface area is 186 Å². The van der Waals surface area contributed by atoms with Crippen LogP contribution in [-0.4, -0.2) is 26.3 Å². The lowest BCUT2D eigenvalue weighted by Crippen LogP contribution is -2.51. The Morgan fingerprint density at radius 3 is 2.74 bits per heavy atom. The molecule has 0 aliphatic heterocycles. The van der Waals surface area contributed by atoms with Gasteiger partial charge in [0.2, 0.25) is 0 Å². The molecule has 5 heteroatoms. The number of fused-ring (bicyclic) bond motifs is 5. The molecule has 168 valence electrons. The molecule has 4 aliphatic carbocycles. The van der Waals surface area contributed by atoms with E-state index in [-0.39, 0.29) is 17.9 Å². The zero-order chi connectivity index (χ0) is 22.0. The molecule has 9 atom stereocenters. The Morgan fingerprint density at radius 2 is 2.00 bits per heavy atom. The summed E-state index contributed by atoms with van der Waals surface area (Å²) in [6, 6.07) is 2.10. The Bertz CT molecular complexity index is 899. The minimum atomic E-state index is -0.464. The minimum Gasteiger partial charge on any atom is -0.390 e. The largest absolute Gasteiger partial charge is 0.390 e. The molecule has 31 heavy (non-hydrogen) atoms. The second kappa shape index (κ2) is 7.44. The highest BCUT2D eigenvalue weighted by molar-refractivity contribution is 5.82. The number of aliphatic hydroxyl groups is 1. The molecule has 0 bridgehead atoms. The fraction of sp³-hybridized carbons (Fsp3) is 0.808. The normalized spacial score (nSPS) is 46.5. The van der Waals surface area contributed by atoms with Gasteiger partial charge in [-0.15, -0.1) is 0 Å². The molecule has 4 saturated carbocycles. The number of nitriles is 1. The van der Waals surface area contributed by atoms with Gasteiger partial charge in [-0.05, 0) is 99.2 Å². The van der Waals surface area contributed by atoms with E-state index in [4.69, 9.17) is 5.26 Å². The van der Waals surface area contributed by atoms with Crippen molar-refractivity contribution in [1.82, 2.24) is 9.78 Å². The fourth-order valence-electron chi connectivity index (χ4n) is 8.90. The molecule has 4 aliphatic rings. The highest BCUT2D eigenvalue weighted by atomic mass is 16.3. The first-order valence-corrected chi connectivity index (χ1v) is 12.4. The van der Waals surface area contributed by atoms with Crippen molar-refractivity contribution < 1.29 is 9.90 Å². The zero-order valence-corrected chi connectivity index (χ0v) is 19.3. The van der Waals surface area contributed by atoms with Gasteiger partial charge in [-0.25, -0.2) is 0 Å². The van der Waals surface area contributed by atoms with Gasteiger partial charge in [-0.3, -0.25) is 9.48 Å². The number of rotatable bonds is 3. The monoisotopic (exact) mass is 423 g/mol. The van der Waals surface area contributed by atoms with Crippen molar-refractivity contribution in [2.75, 3.05) is 0 Å². The van der Waals surface area contributed by atoms with Crippen LogP contribution >= 0.6 is 0 Å². The second-order valence-corrected chi connectivity index (χ2v) is 11.9. The van der Waals surface area contributed by atoms with Crippen LogP contribution in [0.3, 0.4) is 0 Å². The number of carbonyl (C=O) groups excluding carboxylic acids is 1. The molecule has 0 aromatic carbocycles. The van der Waals surface area contributed by atoms with Crippen molar-refractivity contribution >= 4 is 5.78 Å². The molecule has 0 radical (unpaired) electrons. The number of aromatic nitrogens is 2. The lowest BCUT2D eigenvalue weighted by Gasteiger charge is -2.56. The first-order chi connectivity index (χ1) is 14.7. The van der Waals surface area contributed by atoms with E-state index in [1.807, 2.05) is 6.92 Å². The first kappa shape index (κ1) is 21.2. The van der Waals surface area contributed by atoms with Crippen LogP contribution in [0.2, 0.25) is 0 Å². The minimum absolute atomic E-state index is 0.0931. The summed E-state index contributed by atoms with van der Waals surface area (Å²) in [4.78, 5) is 13.5. The molecule has 1 heterocycles. The number of hydrogen-bond acceptors (Lipinski definition) is 4. The number of ketones is 1. The summed E-state index contributed by atoms with van der Waals surface area (Å²) in [6.45, 7) is 7.00. The second-order valence-electron chi connectivity index (χ2n) is 11.9. The quantitative estimate of drug-likeness (QED) is 0.771. The van der Waals surface area contributed by atoms with Crippen LogP contribution in [0.1, 0.15) is 77.7 Å². The zero-order valence-electron chi connectivity index (χ0n) is 19.3. The molecule has 0 saturated heterocycles. The number of nitrogens with zero attached hydrogens (tertiary/aromatic N) is 3. The van der Waals surface area contributed by atoms with Gasteiger partial charge in [0.25, 0.3) is 0 Å². The molecule has 1 aromatic rings. The van der Waals surface area contributed by atoms with Crippen LogP contribution in [0.15, 0.2) is 12.4 Å². The number of hydrogen-bond donors (Lipinski definition) is 1. The van der Waals surface area contributed by atoms with E-state index in [0.29, 0.717) is 29.1 Å². The van der Waals surface area contributed by atoms with E-state index in [0.717, 1.165) is 37.0 Å². The highest BCUT2D eigenvalue weighted by Crippen LogP contribution is 2.66. The third-order valence-electron chi connectivity index (χ3n) is 10.0. The summed E-state index contributed by atoms with van der Waals surface area (Å²) in [5.41, 5.74) is 0.143. The molecule has 1 N–H and O–H groups in total. The van der Waals surface area contributed by atoms with Gasteiger partial charge < -0.3 is 5.11 Å². The SMILES string of the molecule is C[C@@H]1C[C@H]2[C@@H]3CC[C@@H]4C[C@](C)(O)CC[C@@H]4[C@H]3CC[C@]2(C)[C@H]1C(=O)Cn1cc(C#N)cn1. The molecule has 0 amide bonds. The van der Waals surface area contributed by atoms with Crippen LogP contribution in [0.4, 0.5) is 0 Å². The predicted molar refractivity (Wildman–Crippen MR) is 118 cm³/mol. The van der Waals surface area contributed by atoms with Crippen LogP contribution in [-0.2, 0) is 11.3 Å². The van der Waals surface area contributed by atoms with Crippen molar-refractivity contribution in [2.24, 2.45) is 46.8 Å². The van der Waals surface area contributed by atoms with Gasteiger partial charge >= 0.3 is 0 Å². The fourth-order valence-corrected chi connectivity index (χ4v) is 8.90. The van der Waals surface area contributed by atoms with E-state index in [1.165, 1.54) is 32.1 Å². The molecular weight excluding hydrogens is 386 g/mol. The first-order valence-electron chi connectivity index (χ1n) is 12.4. The lowest BCUT2D eigenvalue weighted by molar-refractivity contribution is -0.134. The summed E-state index contributed by atoms with van der Waals surface area (Å²) in [7, 11) is 0. The topological polar surface area (TPSA) is 78.9 Å². The molecule has 5 rings (SSSR count). The average molecular weight is 424 g/mol. The van der Waals surface area contributed by atoms with Crippen LogP contribution < -0.4 is 0 Å². The van der Waals surface area contributed by atoms with Crippen molar-refractivity contribution in [3.63, 3.8) is 0 Å². The van der Waals surface area contributed by atoms with Crippen LogP contribution in [0.25, 0.3) is 0 Å². The summed E-state index contributed by atoms with van der Waals surface area (Å²) in [6.07, 6.45) is 12.5. The van der Waals surface area contributed by atoms with E-state index in [2.05, 4.69) is 25.0 Å². The van der Waals surface area contributed by atoms with E-state index in [9.17, 15) is 9.90 Å². The third-order valence-corrected chi connectivity index (χ3v) is 10.0. The maximum Gasteiger partial charge on any atom is 0.158 e. The molecule has 1 aromatic heterocycles. The Balaban J connectivity index is 1.34. The van der Waals surface area contributed by atoms with Crippen molar-refractivity contribution in [1.29, 1.82) is 5.26 Å². The van der Waals surface area contributed by atoms with Gasteiger partial charge in [0.15, 0.2) is 5.78 Å². The van der Waals surface area contributed by atoms with Gasteiger partial charge in [0.05, 0.1) is 23.9 Å². The van der Waals surface area contributed by atoms with Crippen LogP contribution in [0, 0.1) is 58.2 Å². The van der Waals surface area contributed by atoms with Gasteiger partial charge in [-0.2, -0.15) is 10.4 Å². The van der Waals surface area contributed by atoms with Crippen molar-refractivity contribution in [2.45, 2.75) is 84.3 Å². The summed E-state index contributed by atoms with van der Waals surface area (Å²) in [5, 5.41) is 23.9. The van der Waals surface area contributed by atoms with Gasteiger partial charge in [0.1, 0.15) is 6.07 Å². The molecule has 0 unspecified atom stereocenters. The summed E-state index contributed by atoms with van der Waals surface area (Å²) in [5.74, 6) is 4.46. The third kappa shape index (κ3) is 3.46. The maximum atomic E-state index is 13.5. The van der Waals surface area contributed by atoms with E-state index < -0.39 is 5.60 Å². The Hall–Kier alpha value is -1.67. The van der Waals surface area contributed by atoms with Crippen LogP contribution in [0.5, 0.6) is 0 Å². The van der Waals surface area contributed by atoms with Gasteiger partial charge in [-0.1, -0.05) is 13.8 Å².